The molecule has 0 radical (unpaired) electrons. The molecule has 0 saturated heterocycles. The first-order valence-corrected chi connectivity index (χ1v) is 10.7. The molecule has 3 nitrogen and oxygen atoms in total. The summed E-state index contributed by atoms with van der Waals surface area (Å²) in [5.41, 5.74) is 4.92. The molecule has 1 aromatic heterocycles. The van der Waals surface area contributed by atoms with Crippen LogP contribution < -0.4 is 5.32 Å². The molecule has 1 unspecified atom stereocenters. The van der Waals surface area contributed by atoms with Gasteiger partial charge in [0.2, 0.25) is 5.91 Å². The van der Waals surface area contributed by atoms with Crippen LogP contribution >= 0.6 is 0 Å². The van der Waals surface area contributed by atoms with E-state index in [0.29, 0.717) is 6.42 Å². The summed E-state index contributed by atoms with van der Waals surface area (Å²) < 4.78 is 0. The molecule has 0 spiro atoms. The smallest absolute Gasteiger partial charge is 0.231 e. The number of amides is 1. The van der Waals surface area contributed by atoms with Gasteiger partial charge >= 0.3 is 0 Å². The van der Waals surface area contributed by atoms with Crippen LogP contribution in [0.15, 0.2) is 103 Å². The summed E-state index contributed by atoms with van der Waals surface area (Å²) in [4.78, 5) is 18.1. The first-order valence-electron chi connectivity index (χ1n) is 10.7. The zero-order chi connectivity index (χ0) is 21.5. The average Bonchev–Trinajstić information content (AvgIpc) is 2.83. The molecule has 3 heteroatoms. The van der Waals surface area contributed by atoms with Crippen LogP contribution in [0.1, 0.15) is 24.5 Å². The molecule has 31 heavy (non-hydrogen) atoms. The van der Waals surface area contributed by atoms with Crippen molar-refractivity contribution in [3.63, 3.8) is 0 Å². The molecule has 4 aromatic rings. The normalized spacial score (nSPS) is 12.5. The fourth-order valence-corrected chi connectivity index (χ4v) is 3.88. The van der Waals surface area contributed by atoms with Crippen LogP contribution in [0.2, 0.25) is 0 Å². The molecule has 4 rings (SSSR count). The summed E-state index contributed by atoms with van der Waals surface area (Å²) in [6, 6.07) is 30.2. The second-order valence-electron chi connectivity index (χ2n) is 7.60. The third-order valence-corrected chi connectivity index (χ3v) is 5.50. The molecular weight excluding hydrogens is 380 g/mol. The number of nitrogens with one attached hydrogen (secondary N) is 1. The molecule has 1 heterocycles. The average molecular weight is 407 g/mol. The lowest BCUT2D eigenvalue weighted by Gasteiger charge is -2.20. The van der Waals surface area contributed by atoms with Gasteiger partial charge in [0.1, 0.15) is 0 Å². The summed E-state index contributed by atoms with van der Waals surface area (Å²) in [6.45, 7) is 2.11. The maximum Gasteiger partial charge on any atom is 0.231 e. The van der Waals surface area contributed by atoms with Gasteiger partial charge in [-0.3, -0.25) is 9.78 Å². The van der Waals surface area contributed by atoms with Crippen molar-refractivity contribution in [1.29, 1.82) is 0 Å². The highest BCUT2D eigenvalue weighted by Gasteiger charge is 2.23. The van der Waals surface area contributed by atoms with Crippen molar-refractivity contribution in [2.75, 3.05) is 5.32 Å². The van der Waals surface area contributed by atoms with Gasteiger partial charge in [0.05, 0.1) is 17.1 Å². The van der Waals surface area contributed by atoms with Gasteiger partial charge in [0.25, 0.3) is 0 Å². The number of anilines is 1. The minimum Gasteiger partial charge on any atom is -0.324 e. The summed E-state index contributed by atoms with van der Waals surface area (Å²) >= 11 is 0. The number of fused-ring (bicyclic) bond motifs is 1. The van der Waals surface area contributed by atoms with E-state index in [1.54, 1.807) is 6.20 Å². The molecule has 0 aliphatic rings. The number of pyridine rings is 1. The zero-order valence-corrected chi connectivity index (χ0v) is 17.7. The first kappa shape index (κ1) is 20.5. The van der Waals surface area contributed by atoms with E-state index < -0.39 is 0 Å². The van der Waals surface area contributed by atoms with Crippen LogP contribution in [0.3, 0.4) is 0 Å². The van der Waals surface area contributed by atoms with Crippen molar-refractivity contribution in [2.24, 2.45) is 5.92 Å². The SMILES string of the molecule is CC/C(=C\c1ccccc1)C(Cc1ccccc1)C(=O)Nc1cccc2cccnc12. The summed E-state index contributed by atoms with van der Waals surface area (Å²) in [7, 11) is 0. The topological polar surface area (TPSA) is 42.0 Å². The molecule has 0 aliphatic carbocycles. The van der Waals surface area contributed by atoms with Gasteiger partial charge in [-0.25, -0.2) is 0 Å². The van der Waals surface area contributed by atoms with E-state index in [1.165, 1.54) is 0 Å². The maximum atomic E-state index is 13.6. The van der Waals surface area contributed by atoms with Crippen LogP contribution in [0.25, 0.3) is 17.0 Å². The van der Waals surface area contributed by atoms with Crippen molar-refractivity contribution in [2.45, 2.75) is 19.8 Å². The second kappa shape index (κ2) is 9.86. The van der Waals surface area contributed by atoms with Crippen LogP contribution in [-0.4, -0.2) is 10.9 Å². The number of nitrogens with zero attached hydrogens (tertiary/aromatic N) is 1. The molecule has 0 saturated carbocycles. The van der Waals surface area contributed by atoms with E-state index in [0.717, 1.165) is 39.7 Å². The van der Waals surface area contributed by atoms with E-state index >= 15 is 0 Å². The molecule has 1 N–H and O–H groups in total. The summed E-state index contributed by atoms with van der Waals surface area (Å²) in [6.07, 6.45) is 5.35. The van der Waals surface area contributed by atoms with Crippen LogP contribution in [0.5, 0.6) is 0 Å². The third-order valence-electron chi connectivity index (χ3n) is 5.50. The highest BCUT2D eigenvalue weighted by atomic mass is 16.1. The molecule has 0 bridgehead atoms. The molecule has 0 aliphatic heterocycles. The third kappa shape index (κ3) is 5.07. The second-order valence-corrected chi connectivity index (χ2v) is 7.60. The molecule has 0 fully saturated rings. The van der Waals surface area contributed by atoms with Crippen LogP contribution in [0.4, 0.5) is 5.69 Å². The summed E-state index contributed by atoms with van der Waals surface area (Å²) in [5.74, 6) is -0.280. The largest absolute Gasteiger partial charge is 0.324 e. The Balaban J connectivity index is 1.69. The van der Waals surface area contributed by atoms with Gasteiger partial charge in [-0.05, 0) is 36.1 Å². The minimum absolute atomic E-state index is 0.00830. The number of para-hydroxylation sites is 1. The Morgan fingerprint density at radius 2 is 1.61 bits per heavy atom. The lowest BCUT2D eigenvalue weighted by atomic mass is 9.88. The fraction of sp³-hybridized carbons (Fsp3) is 0.143. The van der Waals surface area contributed by atoms with E-state index in [1.807, 2.05) is 66.7 Å². The highest BCUT2D eigenvalue weighted by molar-refractivity contribution is 6.02. The molecule has 154 valence electrons. The van der Waals surface area contributed by atoms with Crippen molar-refractivity contribution in [1.82, 2.24) is 4.98 Å². The highest BCUT2D eigenvalue weighted by Crippen LogP contribution is 2.27. The van der Waals surface area contributed by atoms with Gasteiger partial charge in [-0.15, -0.1) is 0 Å². The van der Waals surface area contributed by atoms with Gasteiger partial charge in [0, 0.05) is 11.6 Å². The number of rotatable bonds is 7. The van der Waals surface area contributed by atoms with Gasteiger partial charge < -0.3 is 5.32 Å². The number of carbonyl (C=O) groups is 1. The lowest BCUT2D eigenvalue weighted by molar-refractivity contribution is -0.118. The van der Waals surface area contributed by atoms with Crippen LogP contribution in [-0.2, 0) is 11.2 Å². The maximum absolute atomic E-state index is 13.6. The van der Waals surface area contributed by atoms with Gasteiger partial charge in [-0.1, -0.05) is 97.4 Å². The quantitative estimate of drug-likeness (QED) is 0.379. The number of hydrogen-bond donors (Lipinski definition) is 1. The Labute approximate surface area is 183 Å². The first-order chi connectivity index (χ1) is 15.2. The Morgan fingerprint density at radius 3 is 2.35 bits per heavy atom. The Hall–Kier alpha value is -3.72. The number of hydrogen-bond acceptors (Lipinski definition) is 2. The Morgan fingerprint density at radius 1 is 0.903 bits per heavy atom. The van der Waals surface area contributed by atoms with Crippen molar-refractivity contribution in [3.05, 3.63) is 114 Å². The fourth-order valence-electron chi connectivity index (χ4n) is 3.88. The van der Waals surface area contributed by atoms with Gasteiger partial charge in [-0.2, -0.15) is 0 Å². The predicted octanol–water partition coefficient (Wildman–Crippen LogP) is 6.53. The summed E-state index contributed by atoms with van der Waals surface area (Å²) in [5, 5.41) is 4.17. The predicted molar refractivity (Wildman–Crippen MR) is 129 cm³/mol. The van der Waals surface area contributed by atoms with E-state index in [4.69, 9.17) is 0 Å². The molecule has 3 aromatic carbocycles. The van der Waals surface area contributed by atoms with Crippen molar-refractivity contribution < 1.29 is 4.79 Å². The number of aromatic nitrogens is 1. The Bertz CT molecular complexity index is 1180. The molecule has 1 amide bonds. The number of benzene rings is 3. The van der Waals surface area contributed by atoms with E-state index in [2.05, 4.69) is 47.6 Å². The lowest BCUT2D eigenvalue weighted by Crippen LogP contribution is -2.26. The van der Waals surface area contributed by atoms with Crippen molar-refractivity contribution >= 4 is 28.6 Å². The number of carbonyl (C=O) groups excluding carboxylic acids is 1. The minimum atomic E-state index is -0.272. The molecule has 1 atom stereocenters. The van der Waals surface area contributed by atoms with Crippen molar-refractivity contribution in [3.8, 4) is 0 Å². The monoisotopic (exact) mass is 406 g/mol. The molecular formula is C28H26N2O. The van der Waals surface area contributed by atoms with E-state index in [9.17, 15) is 4.79 Å². The van der Waals surface area contributed by atoms with E-state index in [-0.39, 0.29) is 11.8 Å². The zero-order valence-electron chi connectivity index (χ0n) is 17.7. The van der Waals surface area contributed by atoms with Crippen LogP contribution in [0, 0.1) is 5.92 Å². The van der Waals surface area contributed by atoms with Gasteiger partial charge in [0.15, 0.2) is 0 Å². The Kier molecular flexibility index (Phi) is 6.53. The standard InChI is InChI=1S/C28H26N2O/c1-2-23(19-21-11-5-3-6-12-21)25(20-22-13-7-4-8-14-22)28(31)30-26-17-9-15-24-16-10-18-29-27(24)26/h3-19,25H,2,20H2,1H3,(H,30,31)/b23-19+.